The number of para-hydroxylation sites is 1. The van der Waals surface area contributed by atoms with Gasteiger partial charge in [-0.15, -0.1) is 0 Å². The first-order valence-corrected chi connectivity index (χ1v) is 7.94. The maximum absolute atomic E-state index is 11.9. The molecule has 0 atom stereocenters. The average Bonchev–Trinajstić information content (AvgIpc) is 2.55. The third kappa shape index (κ3) is 5.04. The fourth-order valence-electron chi connectivity index (χ4n) is 2.24. The molecule has 3 nitrogen and oxygen atoms in total. The van der Waals surface area contributed by atoms with Crippen LogP contribution in [0.15, 0.2) is 54.6 Å². The van der Waals surface area contributed by atoms with E-state index in [2.05, 4.69) is 23.6 Å². The average molecular weight is 324 g/mol. The summed E-state index contributed by atoms with van der Waals surface area (Å²) in [5.41, 5.74) is 4.20. The van der Waals surface area contributed by atoms with Crippen LogP contribution >= 0.6 is 12.2 Å². The molecule has 0 saturated carbocycles. The van der Waals surface area contributed by atoms with E-state index in [0.717, 1.165) is 23.2 Å². The highest BCUT2D eigenvalue weighted by Crippen LogP contribution is 2.20. The summed E-state index contributed by atoms with van der Waals surface area (Å²) < 4.78 is 0. The topological polar surface area (TPSA) is 41.1 Å². The van der Waals surface area contributed by atoms with Crippen LogP contribution in [0.4, 0.5) is 5.69 Å². The van der Waals surface area contributed by atoms with Crippen LogP contribution in [0.3, 0.4) is 0 Å². The van der Waals surface area contributed by atoms with E-state index in [0.29, 0.717) is 5.11 Å². The van der Waals surface area contributed by atoms with Crippen molar-refractivity contribution in [1.82, 2.24) is 5.32 Å². The monoisotopic (exact) mass is 324 g/mol. The SMILES string of the molecule is CCc1cccc(C)c1NC(=S)NC(=O)/C=C/c1ccccc1. The summed E-state index contributed by atoms with van der Waals surface area (Å²) in [6.07, 6.45) is 4.12. The summed E-state index contributed by atoms with van der Waals surface area (Å²) in [7, 11) is 0. The second-order valence-corrected chi connectivity index (χ2v) is 5.56. The number of hydrogen-bond donors (Lipinski definition) is 2. The third-order valence-electron chi connectivity index (χ3n) is 3.44. The van der Waals surface area contributed by atoms with Crippen molar-refractivity contribution in [2.75, 3.05) is 5.32 Å². The second kappa shape index (κ2) is 8.25. The Morgan fingerprint density at radius 3 is 2.57 bits per heavy atom. The van der Waals surface area contributed by atoms with Crippen LogP contribution in [0.1, 0.15) is 23.6 Å². The molecule has 0 unspecified atom stereocenters. The molecule has 0 fully saturated rings. The lowest BCUT2D eigenvalue weighted by atomic mass is 10.1. The van der Waals surface area contributed by atoms with Gasteiger partial charge in [0, 0.05) is 11.8 Å². The number of carbonyl (C=O) groups is 1. The first kappa shape index (κ1) is 16.9. The summed E-state index contributed by atoms with van der Waals surface area (Å²) in [5.74, 6) is -0.252. The lowest BCUT2D eigenvalue weighted by Gasteiger charge is -2.14. The molecule has 0 aliphatic heterocycles. The van der Waals surface area contributed by atoms with Gasteiger partial charge in [-0.1, -0.05) is 55.5 Å². The number of hydrogen-bond acceptors (Lipinski definition) is 2. The fraction of sp³-hybridized carbons (Fsp3) is 0.158. The number of rotatable bonds is 4. The van der Waals surface area contributed by atoms with E-state index in [9.17, 15) is 4.79 Å². The van der Waals surface area contributed by atoms with Gasteiger partial charge in [0.2, 0.25) is 5.91 Å². The summed E-state index contributed by atoms with van der Waals surface area (Å²) in [4.78, 5) is 11.9. The number of nitrogens with one attached hydrogen (secondary N) is 2. The quantitative estimate of drug-likeness (QED) is 0.657. The van der Waals surface area contributed by atoms with Gasteiger partial charge in [-0.3, -0.25) is 10.1 Å². The second-order valence-electron chi connectivity index (χ2n) is 5.15. The molecule has 2 aromatic carbocycles. The van der Waals surface area contributed by atoms with Crippen molar-refractivity contribution in [3.8, 4) is 0 Å². The zero-order valence-electron chi connectivity index (χ0n) is 13.3. The molecule has 0 radical (unpaired) electrons. The van der Waals surface area contributed by atoms with Crippen LogP contribution in [0.5, 0.6) is 0 Å². The van der Waals surface area contributed by atoms with Gasteiger partial charge in [0.05, 0.1) is 0 Å². The van der Waals surface area contributed by atoms with Crippen LogP contribution in [-0.4, -0.2) is 11.0 Å². The van der Waals surface area contributed by atoms with Crippen molar-refractivity contribution >= 4 is 35.0 Å². The van der Waals surface area contributed by atoms with Crippen LogP contribution in [-0.2, 0) is 11.2 Å². The van der Waals surface area contributed by atoms with Crippen molar-refractivity contribution in [2.45, 2.75) is 20.3 Å². The molecule has 0 spiro atoms. The van der Waals surface area contributed by atoms with Gasteiger partial charge in [0.25, 0.3) is 0 Å². The van der Waals surface area contributed by atoms with Crippen LogP contribution in [0.2, 0.25) is 0 Å². The number of anilines is 1. The van der Waals surface area contributed by atoms with Gasteiger partial charge >= 0.3 is 0 Å². The zero-order valence-corrected chi connectivity index (χ0v) is 14.1. The molecule has 2 aromatic rings. The number of benzene rings is 2. The smallest absolute Gasteiger partial charge is 0.250 e. The van der Waals surface area contributed by atoms with Crippen molar-refractivity contribution in [3.05, 3.63) is 71.3 Å². The Morgan fingerprint density at radius 1 is 1.13 bits per heavy atom. The number of amides is 1. The molecular weight excluding hydrogens is 304 g/mol. The minimum Gasteiger partial charge on any atom is -0.332 e. The largest absolute Gasteiger partial charge is 0.332 e. The molecule has 2 N–H and O–H groups in total. The molecule has 4 heteroatoms. The first-order chi connectivity index (χ1) is 11.1. The summed E-state index contributed by atoms with van der Waals surface area (Å²) in [6.45, 7) is 4.10. The normalized spacial score (nSPS) is 10.5. The van der Waals surface area contributed by atoms with E-state index in [1.54, 1.807) is 6.08 Å². The highest BCUT2D eigenvalue weighted by molar-refractivity contribution is 7.80. The molecule has 0 heterocycles. The maximum Gasteiger partial charge on any atom is 0.250 e. The molecular formula is C19H20N2OS. The van der Waals surface area contributed by atoms with Gasteiger partial charge in [-0.2, -0.15) is 0 Å². The summed E-state index contributed by atoms with van der Waals surface area (Å²) in [6, 6.07) is 15.7. The number of thiocarbonyl (C=S) groups is 1. The standard InChI is InChI=1S/C19H20N2OS/c1-3-16-11-7-8-14(2)18(16)21-19(23)20-17(22)13-12-15-9-5-4-6-10-15/h4-13H,3H2,1-2H3,(H2,20,21,22,23)/b13-12+. The number of carbonyl (C=O) groups excluding carboxylic acids is 1. The Kier molecular flexibility index (Phi) is 6.06. The Labute approximate surface area is 142 Å². The Hall–Kier alpha value is -2.46. The summed E-state index contributed by atoms with van der Waals surface area (Å²) >= 11 is 5.23. The lowest BCUT2D eigenvalue weighted by molar-refractivity contribution is -0.115. The van der Waals surface area contributed by atoms with E-state index in [1.165, 1.54) is 11.6 Å². The Balaban J connectivity index is 1.97. The molecule has 0 bridgehead atoms. The summed E-state index contributed by atoms with van der Waals surface area (Å²) in [5, 5.41) is 6.10. The van der Waals surface area contributed by atoms with Crippen molar-refractivity contribution in [1.29, 1.82) is 0 Å². The van der Waals surface area contributed by atoms with Crippen LogP contribution in [0, 0.1) is 6.92 Å². The minimum atomic E-state index is -0.252. The van der Waals surface area contributed by atoms with Crippen LogP contribution in [0.25, 0.3) is 6.08 Å². The van der Waals surface area contributed by atoms with Crippen molar-refractivity contribution in [2.24, 2.45) is 0 Å². The van der Waals surface area contributed by atoms with Crippen molar-refractivity contribution < 1.29 is 4.79 Å². The highest BCUT2D eigenvalue weighted by atomic mass is 32.1. The fourth-order valence-corrected chi connectivity index (χ4v) is 2.44. The van der Waals surface area contributed by atoms with Crippen LogP contribution < -0.4 is 10.6 Å². The predicted octanol–water partition coefficient (Wildman–Crippen LogP) is 4.08. The van der Waals surface area contributed by atoms with Gasteiger partial charge < -0.3 is 5.32 Å². The molecule has 0 saturated heterocycles. The first-order valence-electron chi connectivity index (χ1n) is 7.53. The highest BCUT2D eigenvalue weighted by Gasteiger charge is 2.07. The maximum atomic E-state index is 11.9. The van der Waals surface area contributed by atoms with Gasteiger partial charge in [-0.25, -0.2) is 0 Å². The third-order valence-corrected chi connectivity index (χ3v) is 3.65. The Morgan fingerprint density at radius 2 is 1.87 bits per heavy atom. The van der Waals surface area contributed by atoms with E-state index in [4.69, 9.17) is 12.2 Å². The lowest BCUT2D eigenvalue weighted by Crippen LogP contribution is -2.33. The molecule has 23 heavy (non-hydrogen) atoms. The van der Waals surface area contributed by atoms with Gasteiger partial charge in [-0.05, 0) is 48.3 Å². The van der Waals surface area contributed by atoms with E-state index in [-0.39, 0.29) is 5.91 Å². The van der Waals surface area contributed by atoms with E-state index >= 15 is 0 Å². The van der Waals surface area contributed by atoms with E-state index in [1.807, 2.05) is 49.4 Å². The molecule has 0 aliphatic rings. The van der Waals surface area contributed by atoms with Crippen molar-refractivity contribution in [3.63, 3.8) is 0 Å². The van der Waals surface area contributed by atoms with E-state index < -0.39 is 0 Å². The van der Waals surface area contributed by atoms with Gasteiger partial charge in [0.1, 0.15) is 0 Å². The molecule has 0 aromatic heterocycles. The minimum absolute atomic E-state index is 0.252. The Bertz CT molecular complexity index is 723. The molecule has 2 rings (SSSR count). The molecule has 0 aliphatic carbocycles. The van der Waals surface area contributed by atoms with Gasteiger partial charge in [0.15, 0.2) is 5.11 Å². The zero-order chi connectivity index (χ0) is 16.7. The predicted molar refractivity (Wildman–Crippen MR) is 100 cm³/mol. The molecule has 118 valence electrons. The number of aryl methyl sites for hydroxylation is 2. The molecule has 1 amide bonds.